The highest BCUT2D eigenvalue weighted by Gasteiger charge is 2.41. The molecule has 2 aromatic heterocycles. The maximum atomic E-state index is 15.0. The zero-order valence-corrected chi connectivity index (χ0v) is 16.8. The lowest BCUT2D eigenvalue weighted by molar-refractivity contribution is 0.107. The molecule has 2 aliphatic rings. The summed E-state index contributed by atoms with van der Waals surface area (Å²) in [5, 5.41) is 22.5. The van der Waals surface area contributed by atoms with E-state index in [4.69, 9.17) is 0 Å². The summed E-state index contributed by atoms with van der Waals surface area (Å²) in [5.74, 6) is 0.757. The number of alkyl halides is 1. The summed E-state index contributed by atoms with van der Waals surface area (Å²) >= 11 is 0. The van der Waals surface area contributed by atoms with Crippen molar-refractivity contribution in [3.05, 3.63) is 49.1 Å². The van der Waals surface area contributed by atoms with Crippen LogP contribution in [0, 0.1) is 0 Å². The van der Waals surface area contributed by atoms with Crippen molar-refractivity contribution in [3.63, 3.8) is 0 Å². The van der Waals surface area contributed by atoms with E-state index in [1.165, 1.54) is 0 Å². The summed E-state index contributed by atoms with van der Waals surface area (Å²) in [5.41, 5.74) is 1.98. The van der Waals surface area contributed by atoms with Crippen LogP contribution in [0.1, 0.15) is 25.7 Å². The molecular weight excluding hydrogens is 383 g/mol. The van der Waals surface area contributed by atoms with Crippen LogP contribution in [0.2, 0.25) is 0 Å². The van der Waals surface area contributed by atoms with Gasteiger partial charge in [0.2, 0.25) is 0 Å². The molecule has 3 aromatic rings. The predicted octanol–water partition coefficient (Wildman–Crippen LogP) is 3.09. The first-order chi connectivity index (χ1) is 14.6. The molecule has 0 radical (unpaired) electrons. The van der Waals surface area contributed by atoms with Crippen LogP contribution in [-0.2, 0) is 0 Å². The zero-order valence-electron chi connectivity index (χ0n) is 16.8. The van der Waals surface area contributed by atoms with Crippen LogP contribution in [0.3, 0.4) is 0 Å². The van der Waals surface area contributed by atoms with Gasteiger partial charge in [-0.1, -0.05) is 6.42 Å². The first-order valence-electron chi connectivity index (χ1n) is 10.4. The number of anilines is 1. The van der Waals surface area contributed by atoms with Crippen LogP contribution in [-0.4, -0.2) is 56.2 Å². The monoisotopic (exact) mass is 408 g/mol. The third kappa shape index (κ3) is 3.41. The highest BCUT2D eigenvalue weighted by molar-refractivity contribution is 5.69. The average Bonchev–Trinajstić information content (AvgIpc) is 3.31. The topological polar surface area (TPSA) is 79.1 Å². The fraction of sp³-hybridized carbons (Fsp3) is 0.409. The molecule has 156 valence electrons. The summed E-state index contributed by atoms with van der Waals surface area (Å²) in [6, 6.07) is 9.13. The van der Waals surface area contributed by atoms with Gasteiger partial charge in [-0.3, -0.25) is 0 Å². The van der Waals surface area contributed by atoms with Crippen LogP contribution in [0.25, 0.3) is 16.9 Å². The second kappa shape index (κ2) is 7.68. The first kappa shape index (κ1) is 19.0. The highest BCUT2D eigenvalue weighted by Crippen LogP contribution is 2.33. The summed E-state index contributed by atoms with van der Waals surface area (Å²) in [7, 11) is 1.89. The van der Waals surface area contributed by atoms with Crippen LogP contribution < -0.4 is 10.2 Å². The van der Waals surface area contributed by atoms with E-state index in [0.29, 0.717) is 23.1 Å². The van der Waals surface area contributed by atoms with Crippen molar-refractivity contribution >= 4 is 5.82 Å². The second-order valence-electron chi connectivity index (χ2n) is 8.21. The van der Waals surface area contributed by atoms with Crippen LogP contribution >= 0.6 is 0 Å². The molecule has 30 heavy (non-hydrogen) atoms. The van der Waals surface area contributed by atoms with Crippen molar-refractivity contribution < 1.29 is 9.50 Å². The number of phenolic OH excluding ortho intramolecular Hbond substituents is 1. The van der Waals surface area contributed by atoms with Gasteiger partial charge >= 0.3 is 0 Å². The zero-order chi connectivity index (χ0) is 20.7. The van der Waals surface area contributed by atoms with Gasteiger partial charge in [0.25, 0.3) is 0 Å². The van der Waals surface area contributed by atoms with Gasteiger partial charge in [-0.2, -0.15) is 0 Å². The third-order valence-electron chi connectivity index (χ3n) is 6.36. The number of hydrogen-bond donors (Lipinski definition) is 2. The molecule has 0 aliphatic carbocycles. The molecule has 2 aliphatic heterocycles. The molecule has 5 rings (SSSR count). The smallest absolute Gasteiger partial charge is 0.151 e. The number of nitrogens with zero attached hydrogens (tertiary/aromatic N) is 5. The van der Waals surface area contributed by atoms with E-state index >= 15 is 4.39 Å². The number of nitrogens with one attached hydrogen (secondary N) is 1. The van der Waals surface area contributed by atoms with Gasteiger partial charge in [-0.15, -0.1) is 10.2 Å². The predicted molar refractivity (Wildman–Crippen MR) is 113 cm³/mol. The Hall–Kier alpha value is -3.00. The van der Waals surface area contributed by atoms with E-state index in [9.17, 15) is 5.11 Å². The van der Waals surface area contributed by atoms with Crippen molar-refractivity contribution in [2.75, 3.05) is 11.9 Å². The maximum Gasteiger partial charge on any atom is 0.151 e. The van der Waals surface area contributed by atoms with E-state index in [1.807, 2.05) is 47.0 Å². The minimum Gasteiger partial charge on any atom is -0.507 e. The molecule has 7 nitrogen and oxygen atoms in total. The Morgan fingerprint density at radius 2 is 2.10 bits per heavy atom. The van der Waals surface area contributed by atoms with E-state index in [1.54, 1.807) is 18.6 Å². The number of piperidine rings is 2. The number of imidazole rings is 1. The number of hydrogen-bond acceptors (Lipinski definition) is 6. The molecule has 0 amide bonds. The molecule has 0 spiro atoms. The molecule has 8 heteroatoms. The van der Waals surface area contributed by atoms with Crippen molar-refractivity contribution in [2.24, 2.45) is 0 Å². The maximum absolute atomic E-state index is 15.0. The number of phenols is 1. The number of aromatic nitrogens is 4. The van der Waals surface area contributed by atoms with E-state index in [0.717, 1.165) is 31.4 Å². The Kier molecular flexibility index (Phi) is 4.86. The second-order valence-corrected chi connectivity index (χ2v) is 8.21. The molecule has 0 unspecified atom stereocenters. The molecule has 0 saturated carbocycles. The number of halogens is 1. The molecule has 4 atom stereocenters. The average molecular weight is 408 g/mol. The van der Waals surface area contributed by atoms with Gasteiger partial charge in [0, 0.05) is 43.2 Å². The minimum atomic E-state index is -0.923. The third-order valence-corrected chi connectivity index (χ3v) is 6.36. The molecular formula is C22H25FN6O. The fourth-order valence-electron chi connectivity index (χ4n) is 4.69. The molecule has 2 N–H and O–H groups in total. The van der Waals surface area contributed by atoms with E-state index < -0.39 is 6.17 Å². The fourth-order valence-corrected chi connectivity index (χ4v) is 4.69. The SMILES string of the molecule is CN(c1ccc(-c2ccc(-n3ccnc3)cc2O)nn1)[C@H]1C[C@H]2CCC[C@H](N2)[C@H]1F. The summed E-state index contributed by atoms with van der Waals surface area (Å²) in [6.45, 7) is 0. The number of rotatable bonds is 4. The van der Waals surface area contributed by atoms with Crippen LogP contribution in [0.5, 0.6) is 5.75 Å². The van der Waals surface area contributed by atoms with E-state index in [2.05, 4.69) is 20.5 Å². The first-order valence-corrected chi connectivity index (χ1v) is 10.4. The number of aromatic hydroxyl groups is 1. The summed E-state index contributed by atoms with van der Waals surface area (Å²) < 4.78 is 16.8. The molecule has 1 aromatic carbocycles. The summed E-state index contributed by atoms with van der Waals surface area (Å²) in [4.78, 5) is 5.93. The van der Waals surface area contributed by atoms with Gasteiger partial charge in [0.15, 0.2) is 5.82 Å². The molecule has 2 saturated heterocycles. The van der Waals surface area contributed by atoms with Crippen molar-refractivity contribution in [3.8, 4) is 22.7 Å². The quantitative estimate of drug-likeness (QED) is 0.691. The summed E-state index contributed by atoms with van der Waals surface area (Å²) in [6.07, 6.45) is 8.10. The van der Waals surface area contributed by atoms with Crippen LogP contribution in [0.4, 0.5) is 10.2 Å². The highest BCUT2D eigenvalue weighted by atomic mass is 19.1. The molecule has 2 fully saturated rings. The van der Waals surface area contributed by atoms with Gasteiger partial charge in [0.05, 0.1) is 23.8 Å². The van der Waals surface area contributed by atoms with Crippen LogP contribution in [0.15, 0.2) is 49.1 Å². The minimum absolute atomic E-state index is 0.0665. The molecule has 4 heterocycles. The van der Waals surface area contributed by atoms with Crippen molar-refractivity contribution in [1.82, 2.24) is 25.1 Å². The van der Waals surface area contributed by atoms with E-state index in [-0.39, 0.29) is 17.8 Å². The number of fused-ring (bicyclic) bond motifs is 2. The van der Waals surface area contributed by atoms with Gasteiger partial charge in [-0.05, 0) is 43.5 Å². The largest absolute Gasteiger partial charge is 0.507 e. The standard InChI is InChI=1S/C22H25FN6O/c1-28(19-11-14-3-2-4-18(25-14)22(19)23)21-8-7-17(26-27-21)16-6-5-15(12-20(16)30)29-10-9-24-13-29/h5-10,12-14,18-19,22,25,30H,2-4,11H2,1H3/t14-,18+,19+,22-/m1/s1. The van der Waals surface area contributed by atoms with Gasteiger partial charge in [0.1, 0.15) is 11.9 Å². The Morgan fingerprint density at radius 3 is 2.83 bits per heavy atom. The van der Waals surface area contributed by atoms with Gasteiger partial charge < -0.3 is 19.9 Å². The Balaban J connectivity index is 1.35. The lowest BCUT2D eigenvalue weighted by Gasteiger charge is -2.46. The lowest BCUT2D eigenvalue weighted by atomic mass is 9.82. The lowest BCUT2D eigenvalue weighted by Crippen LogP contribution is -2.61. The number of benzene rings is 1. The Labute approximate surface area is 174 Å². The Morgan fingerprint density at radius 1 is 1.20 bits per heavy atom. The van der Waals surface area contributed by atoms with Crippen molar-refractivity contribution in [1.29, 1.82) is 0 Å². The normalized spacial score (nSPS) is 25.8. The van der Waals surface area contributed by atoms with Gasteiger partial charge in [-0.25, -0.2) is 9.37 Å². The van der Waals surface area contributed by atoms with Crippen molar-refractivity contribution in [2.45, 2.75) is 50.0 Å². The molecule has 2 bridgehead atoms. The Bertz CT molecular complexity index is 1010.